The van der Waals surface area contributed by atoms with Crippen molar-refractivity contribution in [1.29, 1.82) is 0 Å². The summed E-state index contributed by atoms with van der Waals surface area (Å²) in [6, 6.07) is 8.58. The van der Waals surface area contributed by atoms with Crippen molar-refractivity contribution in [3.05, 3.63) is 46.0 Å². The highest BCUT2D eigenvalue weighted by atomic mass is 16.6. The monoisotopic (exact) mass is 377 g/mol. The number of hydrogen-bond donors (Lipinski definition) is 1. The summed E-state index contributed by atoms with van der Waals surface area (Å²) in [5.74, 6) is -0.132. The van der Waals surface area contributed by atoms with E-state index in [1.807, 2.05) is 30.3 Å². The maximum absolute atomic E-state index is 12.8. The summed E-state index contributed by atoms with van der Waals surface area (Å²) >= 11 is 0. The van der Waals surface area contributed by atoms with Gasteiger partial charge in [-0.25, -0.2) is 4.79 Å². The maximum Gasteiger partial charge on any atom is 0.408 e. The summed E-state index contributed by atoms with van der Waals surface area (Å²) in [5.41, 5.74) is 0.859. The van der Waals surface area contributed by atoms with E-state index < -0.39 is 12.1 Å². The molecule has 1 atom stereocenters. The number of unbranched alkanes of at least 4 members (excludes halogenated alkanes) is 1. The highest BCUT2D eigenvalue weighted by Gasteiger charge is 2.27. The van der Waals surface area contributed by atoms with Crippen molar-refractivity contribution in [2.45, 2.75) is 51.2 Å². The minimum absolute atomic E-state index is 0.124. The van der Waals surface area contributed by atoms with Gasteiger partial charge < -0.3 is 15.0 Å². The number of carbonyl (C=O) groups is 2. The van der Waals surface area contributed by atoms with E-state index in [0.717, 1.165) is 24.8 Å². The molecule has 0 aromatic heterocycles. The van der Waals surface area contributed by atoms with Crippen LogP contribution in [0.4, 0.5) is 4.79 Å². The molecule has 148 valence electrons. The summed E-state index contributed by atoms with van der Waals surface area (Å²) in [4.78, 5) is 36.8. The highest BCUT2D eigenvalue weighted by Crippen LogP contribution is 2.13. The molecule has 1 saturated heterocycles. The molecule has 1 fully saturated rings. The first-order chi connectivity index (χ1) is 13.1. The number of hydrogen-bond acceptors (Lipinski definition) is 5. The van der Waals surface area contributed by atoms with E-state index in [1.165, 1.54) is 0 Å². The van der Waals surface area contributed by atoms with Crippen LogP contribution in [0.3, 0.4) is 0 Å². The van der Waals surface area contributed by atoms with Crippen LogP contribution >= 0.6 is 0 Å². The number of alkyl carbamates (subject to hydrolysis) is 1. The molecule has 1 aliphatic heterocycles. The number of nitrogens with one attached hydrogen (secondary N) is 1. The first-order valence-corrected chi connectivity index (χ1v) is 9.44. The number of benzene rings is 1. The normalized spacial score (nSPS) is 15.0. The molecule has 27 heavy (non-hydrogen) atoms. The lowest BCUT2D eigenvalue weighted by atomic mass is 10.1. The number of likely N-dealkylation sites (tertiary alicyclic amines) is 1. The maximum atomic E-state index is 12.8. The van der Waals surface area contributed by atoms with Crippen LogP contribution in [0, 0.1) is 10.1 Å². The Hall–Kier alpha value is -2.64. The fourth-order valence-corrected chi connectivity index (χ4v) is 3.09. The second-order valence-electron chi connectivity index (χ2n) is 6.70. The molecule has 0 saturated carbocycles. The summed E-state index contributed by atoms with van der Waals surface area (Å²) in [7, 11) is 0. The van der Waals surface area contributed by atoms with Crippen LogP contribution in [-0.4, -0.2) is 47.5 Å². The number of ether oxygens (including phenoxy) is 1. The lowest BCUT2D eigenvalue weighted by Crippen LogP contribution is -2.50. The molecule has 0 spiro atoms. The zero-order chi connectivity index (χ0) is 19.5. The lowest BCUT2D eigenvalue weighted by Gasteiger charge is -2.30. The molecule has 8 heteroatoms. The topological polar surface area (TPSA) is 102 Å². The van der Waals surface area contributed by atoms with Crippen molar-refractivity contribution >= 4 is 12.0 Å². The number of rotatable bonds is 9. The van der Waals surface area contributed by atoms with Gasteiger partial charge in [-0.2, -0.15) is 0 Å². The molecule has 1 aromatic carbocycles. The molecule has 0 unspecified atom stereocenters. The summed E-state index contributed by atoms with van der Waals surface area (Å²) < 4.78 is 5.21. The van der Waals surface area contributed by atoms with Crippen LogP contribution in [0.1, 0.15) is 44.1 Å². The van der Waals surface area contributed by atoms with E-state index in [0.29, 0.717) is 32.4 Å². The Morgan fingerprint density at radius 3 is 2.52 bits per heavy atom. The van der Waals surface area contributed by atoms with Gasteiger partial charge in [0.05, 0.1) is 0 Å². The van der Waals surface area contributed by atoms with Crippen LogP contribution in [-0.2, 0) is 16.1 Å². The summed E-state index contributed by atoms with van der Waals surface area (Å²) in [6.07, 6.45) is 3.59. The average molecular weight is 377 g/mol. The van der Waals surface area contributed by atoms with Crippen molar-refractivity contribution in [3.8, 4) is 0 Å². The van der Waals surface area contributed by atoms with Gasteiger partial charge in [-0.15, -0.1) is 0 Å². The molecule has 1 N–H and O–H groups in total. The van der Waals surface area contributed by atoms with Gasteiger partial charge in [-0.3, -0.25) is 14.9 Å². The van der Waals surface area contributed by atoms with E-state index in [2.05, 4.69) is 5.32 Å². The van der Waals surface area contributed by atoms with E-state index in [1.54, 1.807) is 4.90 Å². The molecule has 0 bridgehead atoms. The quantitative estimate of drug-likeness (QED) is 0.405. The van der Waals surface area contributed by atoms with Gasteiger partial charge in [-0.1, -0.05) is 30.3 Å². The van der Waals surface area contributed by atoms with Gasteiger partial charge in [0.1, 0.15) is 12.6 Å². The van der Waals surface area contributed by atoms with Gasteiger partial charge in [0.15, 0.2) is 0 Å². The van der Waals surface area contributed by atoms with Gasteiger partial charge in [0.2, 0.25) is 12.5 Å². The Morgan fingerprint density at radius 1 is 1.15 bits per heavy atom. The SMILES string of the molecule is O=C(N[C@@H](CCCC[N+](=O)[O-])C(=O)N1CCCCC1)OCc1ccccc1. The lowest BCUT2D eigenvalue weighted by molar-refractivity contribution is -0.480. The van der Waals surface area contributed by atoms with Gasteiger partial charge >= 0.3 is 6.09 Å². The molecule has 1 aromatic rings. The van der Waals surface area contributed by atoms with Crippen molar-refractivity contribution < 1.29 is 19.2 Å². The van der Waals surface area contributed by atoms with Crippen molar-refractivity contribution in [3.63, 3.8) is 0 Å². The number of amides is 2. The molecule has 1 aliphatic rings. The Kier molecular flexibility index (Phi) is 8.54. The van der Waals surface area contributed by atoms with E-state index >= 15 is 0 Å². The standard InChI is InChI=1S/C19H27N3O5/c23-18(21-12-6-2-7-13-21)17(11-5-8-14-22(25)26)20-19(24)27-15-16-9-3-1-4-10-16/h1,3-4,9-10,17H,2,5-8,11-15H2,(H,20,24)/t17-/m0/s1. The smallest absolute Gasteiger partial charge is 0.408 e. The Bertz CT molecular complexity index is 617. The molecule has 0 radical (unpaired) electrons. The van der Waals surface area contributed by atoms with Crippen molar-refractivity contribution in [1.82, 2.24) is 10.2 Å². The number of piperidine rings is 1. The van der Waals surface area contributed by atoms with E-state index in [4.69, 9.17) is 4.74 Å². The van der Waals surface area contributed by atoms with Gasteiger partial charge in [-0.05, 0) is 37.7 Å². The third-order valence-corrected chi connectivity index (χ3v) is 4.55. The Labute approximate surface area is 159 Å². The largest absolute Gasteiger partial charge is 0.445 e. The molecule has 1 heterocycles. The minimum Gasteiger partial charge on any atom is -0.445 e. The molecular formula is C19H27N3O5. The van der Waals surface area contributed by atoms with Crippen molar-refractivity contribution in [2.75, 3.05) is 19.6 Å². The predicted octanol–water partition coefficient (Wildman–Crippen LogP) is 2.74. The number of nitro groups is 1. The zero-order valence-electron chi connectivity index (χ0n) is 15.5. The van der Waals surface area contributed by atoms with Gasteiger partial charge in [0.25, 0.3) is 0 Å². The van der Waals surface area contributed by atoms with Crippen LogP contribution in [0.5, 0.6) is 0 Å². The van der Waals surface area contributed by atoms with Crippen LogP contribution in [0.15, 0.2) is 30.3 Å². The molecule has 2 amide bonds. The van der Waals surface area contributed by atoms with Gasteiger partial charge in [0, 0.05) is 24.4 Å². The van der Waals surface area contributed by atoms with Crippen molar-refractivity contribution in [2.24, 2.45) is 0 Å². The number of carbonyl (C=O) groups excluding carboxylic acids is 2. The molecule has 0 aliphatic carbocycles. The predicted molar refractivity (Wildman–Crippen MR) is 99.7 cm³/mol. The third-order valence-electron chi connectivity index (χ3n) is 4.55. The molecule has 2 rings (SSSR count). The number of nitrogens with zero attached hydrogens (tertiary/aromatic N) is 2. The third kappa shape index (κ3) is 7.64. The fraction of sp³-hybridized carbons (Fsp3) is 0.579. The zero-order valence-corrected chi connectivity index (χ0v) is 15.5. The second kappa shape index (κ2) is 11.2. The van der Waals surface area contributed by atoms with Crippen LogP contribution < -0.4 is 5.32 Å². The Balaban J connectivity index is 1.87. The average Bonchev–Trinajstić information content (AvgIpc) is 2.69. The first kappa shape index (κ1) is 20.7. The fourth-order valence-electron chi connectivity index (χ4n) is 3.09. The van der Waals surface area contributed by atoms with Crippen LogP contribution in [0.2, 0.25) is 0 Å². The molecule has 8 nitrogen and oxygen atoms in total. The second-order valence-corrected chi connectivity index (χ2v) is 6.70. The van der Waals surface area contributed by atoms with E-state index in [9.17, 15) is 19.7 Å². The summed E-state index contributed by atoms with van der Waals surface area (Å²) in [6.45, 7) is 1.36. The van der Waals surface area contributed by atoms with E-state index in [-0.39, 0.29) is 24.0 Å². The highest BCUT2D eigenvalue weighted by molar-refractivity contribution is 5.85. The molecular weight excluding hydrogens is 350 g/mol. The Morgan fingerprint density at radius 2 is 1.85 bits per heavy atom. The summed E-state index contributed by atoms with van der Waals surface area (Å²) in [5, 5.41) is 13.1. The first-order valence-electron chi connectivity index (χ1n) is 9.44. The minimum atomic E-state index is -0.710. The van der Waals surface area contributed by atoms with Crippen LogP contribution in [0.25, 0.3) is 0 Å².